The topological polar surface area (TPSA) is 112 Å². The van der Waals surface area contributed by atoms with Gasteiger partial charge in [-0.1, -0.05) is 6.08 Å². The number of carbonyl (C=O) groups excluding carboxylic acids is 2. The van der Waals surface area contributed by atoms with Crippen molar-refractivity contribution in [2.24, 2.45) is 5.73 Å². The summed E-state index contributed by atoms with van der Waals surface area (Å²) in [6, 6.07) is 4.73. The Kier molecular flexibility index (Phi) is 4.48. The number of nitrogens with one attached hydrogen (secondary N) is 4. The van der Waals surface area contributed by atoms with E-state index in [1.165, 1.54) is 11.3 Å². The van der Waals surface area contributed by atoms with Crippen LogP contribution in [0.2, 0.25) is 0 Å². The number of thiophene rings is 1. The van der Waals surface area contributed by atoms with Gasteiger partial charge in [0, 0.05) is 18.6 Å². The van der Waals surface area contributed by atoms with Crippen LogP contribution in [-0.2, 0) is 0 Å². The Morgan fingerprint density at radius 1 is 1.21 bits per heavy atom. The molecule has 8 heteroatoms. The maximum absolute atomic E-state index is 12.6. The second kappa shape index (κ2) is 6.88. The second-order valence-electron chi connectivity index (χ2n) is 4.87. The van der Waals surface area contributed by atoms with Crippen molar-refractivity contribution in [1.29, 1.82) is 0 Å². The number of nitrogens with two attached hydrogens (primary N) is 1. The highest BCUT2D eigenvalue weighted by atomic mass is 32.1. The van der Waals surface area contributed by atoms with Crippen LogP contribution in [0.4, 0.5) is 9.80 Å². The molecule has 0 bridgehead atoms. The number of amides is 3. The highest BCUT2D eigenvalue weighted by Crippen LogP contribution is 2.34. The highest BCUT2D eigenvalue weighted by molar-refractivity contribution is 7.20. The zero-order valence-electron chi connectivity index (χ0n) is 12.5. The van der Waals surface area contributed by atoms with E-state index in [0.29, 0.717) is 16.3 Å². The second-order valence-corrected chi connectivity index (χ2v) is 5.92. The summed E-state index contributed by atoms with van der Waals surface area (Å²) >= 11 is 1.27. The van der Waals surface area contributed by atoms with Crippen LogP contribution in [0.5, 0.6) is 0 Å². The van der Waals surface area contributed by atoms with E-state index in [2.05, 4.69) is 20.9 Å². The third-order valence-electron chi connectivity index (χ3n) is 3.15. The van der Waals surface area contributed by atoms with Crippen LogP contribution in [0.3, 0.4) is 0 Å². The normalized spacial score (nSPS) is 12.9. The summed E-state index contributed by atoms with van der Waals surface area (Å²) in [6.45, 7) is 0. The fraction of sp³-hybridized carbons (Fsp3) is 0. The molecule has 0 aliphatic carbocycles. The van der Waals surface area contributed by atoms with Gasteiger partial charge in [0.15, 0.2) is 0 Å². The summed E-state index contributed by atoms with van der Waals surface area (Å²) in [5, 5.41) is 8.60. The predicted molar refractivity (Wildman–Crippen MR) is 94.3 cm³/mol. The molecule has 2 aromatic heterocycles. The molecule has 6 N–H and O–H groups in total. The van der Waals surface area contributed by atoms with Crippen LogP contribution in [0.1, 0.15) is 10.4 Å². The Labute approximate surface area is 141 Å². The predicted octanol–water partition coefficient (Wildman–Crippen LogP) is 2.48. The number of hydrogen-bond acceptors (Lipinski definition) is 4. The molecule has 3 rings (SSSR count). The lowest BCUT2D eigenvalue weighted by atomic mass is 10.2. The number of urea groups is 1. The van der Waals surface area contributed by atoms with E-state index in [1.807, 2.05) is 18.2 Å². The monoisotopic (exact) mass is 341 g/mol. The highest BCUT2D eigenvalue weighted by Gasteiger charge is 2.19. The molecule has 0 unspecified atom stereocenters. The minimum absolute atomic E-state index is 0.340. The van der Waals surface area contributed by atoms with Crippen molar-refractivity contribution in [2.45, 2.75) is 0 Å². The molecule has 3 heterocycles. The lowest BCUT2D eigenvalue weighted by Gasteiger charge is -2.06. The van der Waals surface area contributed by atoms with Gasteiger partial charge in [-0.05, 0) is 30.4 Å². The van der Waals surface area contributed by atoms with Crippen molar-refractivity contribution < 1.29 is 9.59 Å². The zero-order chi connectivity index (χ0) is 16.9. The molecular formula is C16H15N5O2S. The molecule has 0 saturated heterocycles. The van der Waals surface area contributed by atoms with Crippen LogP contribution >= 0.6 is 11.3 Å². The number of H-pyrrole nitrogens is 1. The first-order valence-corrected chi connectivity index (χ1v) is 7.90. The number of aromatic nitrogens is 1. The van der Waals surface area contributed by atoms with E-state index in [1.54, 1.807) is 36.8 Å². The van der Waals surface area contributed by atoms with Crippen LogP contribution in [0.25, 0.3) is 10.6 Å². The van der Waals surface area contributed by atoms with Crippen LogP contribution in [0.15, 0.2) is 60.7 Å². The average molecular weight is 341 g/mol. The lowest BCUT2D eigenvalue weighted by Crippen LogP contribution is -2.25. The minimum Gasteiger partial charge on any atom is -0.366 e. The summed E-state index contributed by atoms with van der Waals surface area (Å²) in [7, 11) is 0. The van der Waals surface area contributed by atoms with Crippen molar-refractivity contribution in [3.63, 3.8) is 0 Å². The summed E-state index contributed by atoms with van der Waals surface area (Å²) in [5.74, 6) is -0.340. The first-order chi connectivity index (χ1) is 11.6. The molecule has 0 spiro atoms. The molecule has 0 fully saturated rings. The van der Waals surface area contributed by atoms with Gasteiger partial charge in [0.25, 0.3) is 5.91 Å². The molecule has 122 valence electrons. The molecule has 0 saturated carbocycles. The third kappa shape index (κ3) is 3.55. The van der Waals surface area contributed by atoms with E-state index >= 15 is 0 Å². The van der Waals surface area contributed by atoms with Gasteiger partial charge in [0.1, 0.15) is 5.00 Å². The molecular weight excluding hydrogens is 326 g/mol. The first kappa shape index (κ1) is 15.6. The third-order valence-corrected chi connectivity index (χ3v) is 4.24. The Hall–Kier alpha value is -3.26. The van der Waals surface area contributed by atoms with Gasteiger partial charge in [-0.15, -0.1) is 11.3 Å². The Morgan fingerprint density at radius 2 is 2.08 bits per heavy atom. The van der Waals surface area contributed by atoms with Crippen LogP contribution in [-0.4, -0.2) is 16.9 Å². The quantitative estimate of drug-likeness (QED) is 0.589. The number of anilines is 1. The van der Waals surface area contributed by atoms with Crippen LogP contribution < -0.4 is 21.7 Å². The van der Waals surface area contributed by atoms with Gasteiger partial charge in [-0.2, -0.15) is 0 Å². The molecule has 2 aromatic rings. The largest absolute Gasteiger partial charge is 0.366 e. The standard InChI is InChI=1S/C16H15N5O2S/c17-16(23)21-15-11(8-13(24-15)12-5-3-7-19-12)14(22)20-10-4-1-2-6-18-9-10/h1-9,18-19H,(H,20,22)(H3,17,21,23). The van der Waals surface area contributed by atoms with Gasteiger partial charge >= 0.3 is 6.03 Å². The zero-order valence-corrected chi connectivity index (χ0v) is 13.3. The van der Waals surface area contributed by atoms with Crippen molar-refractivity contribution in [3.8, 4) is 10.6 Å². The van der Waals surface area contributed by atoms with Crippen molar-refractivity contribution in [2.75, 3.05) is 5.32 Å². The molecule has 3 amide bonds. The number of allylic oxidation sites excluding steroid dienone is 3. The molecule has 0 radical (unpaired) electrons. The number of carbonyl (C=O) groups is 2. The number of hydrogen-bond donors (Lipinski definition) is 5. The van der Waals surface area contributed by atoms with Gasteiger partial charge < -0.3 is 21.4 Å². The maximum atomic E-state index is 12.6. The molecule has 0 atom stereocenters. The van der Waals surface area contributed by atoms with Gasteiger partial charge in [-0.3, -0.25) is 10.1 Å². The lowest BCUT2D eigenvalue weighted by molar-refractivity contribution is 0.0968. The maximum Gasteiger partial charge on any atom is 0.317 e. The Bertz CT molecular complexity index is 846. The van der Waals surface area contributed by atoms with Crippen molar-refractivity contribution in [1.82, 2.24) is 15.6 Å². The number of rotatable bonds is 4. The summed E-state index contributed by atoms with van der Waals surface area (Å²) in [6.07, 6.45) is 10.6. The van der Waals surface area contributed by atoms with Crippen LogP contribution in [0, 0.1) is 0 Å². The summed E-state index contributed by atoms with van der Waals surface area (Å²) in [5.41, 5.74) is 7.00. The van der Waals surface area contributed by atoms with E-state index in [9.17, 15) is 9.59 Å². The van der Waals surface area contributed by atoms with Crippen molar-refractivity contribution in [3.05, 3.63) is 66.3 Å². The van der Waals surface area contributed by atoms with E-state index < -0.39 is 6.03 Å². The Balaban J connectivity index is 1.88. The van der Waals surface area contributed by atoms with E-state index in [4.69, 9.17) is 5.73 Å². The smallest absolute Gasteiger partial charge is 0.317 e. The number of primary amides is 1. The summed E-state index contributed by atoms with van der Waals surface area (Å²) < 4.78 is 0. The molecule has 1 aliphatic heterocycles. The van der Waals surface area contributed by atoms with Gasteiger partial charge in [0.05, 0.1) is 21.8 Å². The average Bonchev–Trinajstić information content (AvgIpc) is 3.13. The SMILES string of the molecule is NC(=O)Nc1sc(-c2ccc[nH]2)cc1C(=O)NC1=CNC=CC=C1. The summed E-state index contributed by atoms with van der Waals surface area (Å²) in [4.78, 5) is 27.7. The van der Waals surface area contributed by atoms with Gasteiger partial charge in [-0.25, -0.2) is 4.79 Å². The van der Waals surface area contributed by atoms with Gasteiger partial charge in [0.2, 0.25) is 0 Å². The number of aromatic amines is 1. The van der Waals surface area contributed by atoms with Crippen molar-refractivity contribution >= 4 is 28.3 Å². The molecule has 7 nitrogen and oxygen atoms in total. The Morgan fingerprint density at radius 3 is 2.83 bits per heavy atom. The van der Waals surface area contributed by atoms with E-state index in [0.717, 1.165) is 10.6 Å². The fourth-order valence-electron chi connectivity index (χ4n) is 2.11. The molecule has 24 heavy (non-hydrogen) atoms. The first-order valence-electron chi connectivity index (χ1n) is 7.08. The molecule has 0 aromatic carbocycles. The molecule has 1 aliphatic rings. The fourth-order valence-corrected chi connectivity index (χ4v) is 3.16. The minimum atomic E-state index is -0.719. The van der Waals surface area contributed by atoms with E-state index in [-0.39, 0.29) is 5.91 Å².